The summed E-state index contributed by atoms with van der Waals surface area (Å²) in [4.78, 5) is 21.6. The van der Waals surface area contributed by atoms with Crippen LogP contribution < -0.4 is 0 Å². The Bertz CT molecular complexity index is 530. The fraction of sp³-hybridized carbons (Fsp3) is 0.100. The quantitative estimate of drug-likeness (QED) is 0.465. The van der Waals surface area contributed by atoms with Gasteiger partial charge in [0.15, 0.2) is 6.29 Å². The smallest absolute Gasteiger partial charge is 0.323 e. The lowest BCUT2D eigenvalue weighted by Gasteiger charge is -2.00. The highest BCUT2D eigenvalue weighted by molar-refractivity contribution is 7.11. The van der Waals surface area contributed by atoms with Gasteiger partial charge in [-0.15, -0.1) is 11.3 Å². The van der Waals surface area contributed by atoms with Gasteiger partial charge in [0.25, 0.3) is 0 Å². The number of thiophene rings is 1. The molecule has 0 bridgehead atoms. The predicted octanol–water partition coefficient (Wildman–Crippen LogP) is 2.32. The lowest BCUT2D eigenvalue weighted by atomic mass is 10.2. The zero-order valence-electron chi connectivity index (χ0n) is 8.20. The van der Waals surface area contributed by atoms with Crippen LogP contribution in [0.3, 0.4) is 0 Å². The minimum Gasteiger partial charge on any atom is -0.358 e. The zero-order chi connectivity index (χ0) is 11.5. The highest BCUT2D eigenvalue weighted by Crippen LogP contribution is 2.19. The first-order valence-electron chi connectivity index (χ1n) is 4.53. The van der Waals surface area contributed by atoms with Gasteiger partial charge in [0.05, 0.1) is 11.1 Å². The molecule has 2 aromatic heterocycles. The summed E-state index contributed by atoms with van der Waals surface area (Å²) in [6.45, 7) is 0.348. The van der Waals surface area contributed by atoms with Crippen molar-refractivity contribution in [1.29, 1.82) is 0 Å². The normalized spacial score (nSPS) is 10.2. The summed E-state index contributed by atoms with van der Waals surface area (Å²) in [5.41, 5.74) is 0.805. The fourth-order valence-corrected chi connectivity index (χ4v) is 2.19. The van der Waals surface area contributed by atoms with Gasteiger partial charge >= 0.3 is 5.82 Å². The summed E-state index contributed by atoms with van der Waals surface area (Å²) in [7, 11) is 0. The zero-order valence-corrected chi connectivity index (χ0v) is 9.02. The van der Waals surface area contributed by atoms with Crippen LogP contribution in [0, 0.1) is 10.1 Å². The van der Waals surface area contributed by atoms with Crippen LogP contribution in [-0.2, 0) is 6.54 Å². The van der Waals surface area contributed by atoms with Gasteiger partial charge < -0.3 is 10.1 Å². The molecule has 0 aliphatic heterocycles. The Hall–Kier alpha value is -1.95. The molecule has 0 saturated carbocycles. The molecule has 82 valence electrons. The number of rotatable bonds is 4. The molecule has 0 saturated heterocycles. The third kappa shape index (κ3) is 1.87. The van der Waals surface area contributed by atoms with E-state index >= 15 is 0 Å². The maximum atomic E-state index is 10.7. The molecule has 0 spiro atoms. The average Bonchev–Trinajstić information content (AvgIpc) is 2.86. The van der Waals surface area contributed by atoms with Crippen molar-refractivity contribution < 1.29 is 9.72 Å². The number of carbonyl (C=O) groups excluding carboxylic acids is 1. The molecule has 0 N–H and O–H groups in total. The van der Waals surface area contributed by atoms with E-state index < -0.39 is 4.92 Å². The monoisotopic (exact) mass is 236 g/mol. The molecule has 16 heavy (non-hydrogen) atoms. The van der Waals surface area contributed by atoms with Crippen molar-refractivity contribution in [1.82, 2.24) is 4.57 Å². The highest BCUT2D eigenvalue weighted by atomic mass is 32.1. The Morgan fingerprint density at radius 1 is 1.50 bits per heavy atom. The average molecular weight is 236 g/mol. The van der Waals surface area contributed by atoms with E-state index in [1.54, 1.807) is 23.7 Å². The lowest BCUT2D eigenvalue weighted by Crippen LogP contribution is -2.03. The van der Waals surface area contributed by atoms with E-state index in [4.69, 9.17) is 0 Å². The molecular weight excluding hydrogens is 228 g/mol. The second-order valence-corrected chi connectivity index (χ2v) is 4.13. The molecule has 0 aliphatic carbocycles. The van der Waals surface area contributed by atoms with E-state index in [0.29, 0.717) is 11.4 Å². The van der Waals surface area contributed by atoms with Crippen LogP contribution in [0.15, 0.2) is 29.8 Å². The molecule has 0 atom stereocenters. The van der Waals surface area contributed by atoms with Gasteiger partial charge in [0.2, 0.25) is 0 Å². The standard InChI is InChI=1S/C10H8N2O3S/c13-7-9-8(3-5-16-9)6-11-4-1-2-10(11)12(14)15/h1-5,7H,6H2. The molecule has 6 heteroatoms. The first-order valence-corrected chi connectivity index (χ1v) is 5.41. The number of aldehydes is 1. The first-order chi connectivity index (χ1) is 7.72. The van der Waals surface area contributed by atoms with Crippen LogP contribution in [0.5, 0.6) is 0 Å². The minimum absolute atomic E-state index is 0.0306. The Kier molecular flexibility index (Phi) is 2.82. The van der Waals surface area contributed by atoms with Crippen LogP contribution in [0.25, 0.3) is 0 Å². The fourth-order valence-electron chi connectivity index (χ4n) is 1.47. The number of nitro groups is 1. The van der Waals surface area contributed by atoms with E-state index in [0.717, 1.165) is 11.8 Å². The lowest BCUT2D eigenvalue weighted by molar-refractivity contribution is -0.391. The van der Waals surface area contributed by atoms with Gasteiger partial charge in [0.1, 0.15) is 6.54 Å². The second-order valence-electron chi connectivity index (χ2n) is 3.18. The first kappa shape index (κ1) is 10.6. The Morgan fingerprint density at radius 3 is 3.00 bits per heavy atom. The second kappa shape index (κ2) is 4.28. The Labute approximate surface area is 95.1 Å². The summed E-state index contributed by atoms with van der Waals surface area (Å²) in [5.74, 6) is 0.0306. The molecule has 5 nitrogen and oxygen atoms in total. The van der Waals surface area contributed by atoms with Crippen molar-refractivity contribution in [3.05, 3.63) is 50.3 Å². The SMILES string of the molecule is O=Cc1sccc1Cn1cccc1[N+](=O)[O-]. The van der Waals surface area contributed by atoms with Crippen molar-refractivity contribution >= 4 is 23.4 Å². The maximum Gasteiger partial charge on any atom is 0.323 e. The van der Waals surface area contributed by atoms with Crippen molar-refractivity contribution in [2.75, 3.05) is 0 Å². The third-order valence-electron chi connectivity index (χ3n) is 2.22. The number of aromatic nitrogens is 1. The van der Waals surface area contributed by atoms with Crippen LogP contribution in [0.1, 0.15) is 15.2 Å². The van der Waals surface area contributed by atoms with Crippen molar-refractivity contribution in [3.63, 3.8) is 0 Å². The van der Waals surface area contributed by atoms with Crippen LogP contribution in [0.2, 0.25) is 0 Å². The topological polar surface area (TPSA) is 65.1 Å². The molecule has 2 aromatic rings. The van der Waals surface area contributed by atoms with Gasteiger partial charge in [-0.1, -0.05) is 0 Å². The van der Waals surface area contributed by atoms with E-state index in [1.165, 1.54) is 22.0 Å². The van der Waals surface area contributed by atoms with E-state index in [-0.39, 0.29) is 5.82 Å². The minimum atomic E-state index is -0.438. The van der Waals surface area contributed by atoms with Crippen LogP contribution in [0.4, 0.5) is 5.82 Å². The van der Waals surface area contributed by atoms with Gasteiger partial charge in [-0.25, -0.2) is 4.57 Å². The van der Waals surface area contributed by atoms with Crippen LogP contribution in [-0.4, -0.2) is 15.8 Å². The van der Waals surface area contributed by atoms with Crippen molar-refractivity contribution in [2.45, 2.75) is 6.54 Å². The molecule has 0 aliphatic rings. The van der Waals surface area contributed by atoms with E-state index in [2.05, 4.69) is 0 Å². The number of hydrogen-bond acceptors (Lipinski definition) is 4. The molecular formula is C10H8N2O3S. The van der Waals surface area contributed by atoms with Gasteiger partial charge in [0, 0.05) is 11.6 Å². The van der Waals surface area contributed by atoms with E-state index in [1.807, 2.05) is 0 Å². The highest BCUT2D eigenvalue weighted by Gasteiger charge is 2.14. The molecule has 2 heterocycles. The number of carbonyl (C=O) groups is 1. The molecule has 0 unspecified atom stereocenters. The van der Waals surface area contributed by atoms with Gasteiger partial charge in [-0.3, -0.25) is 4.79 Å². The maximum absolute atomic E-state index is 10.7. The van der Waals surface area contributed by atoms with Crippen LogP contribution >= 0.6 is 11.3 Å². The summed E-state index contributed by atoms with van der Waals surface area (Å²) >= 11 is 1.33. The molecule has 0 fully saturated rings. The van der Waals surface area contributed by atoms with Crippen molar-refractivity contribution in [3.8, 4) is 0 Å². The number of hydrogen-bond donors (Lipinski definition) is 0. The van der Waals surface area contributed by atoms with E-state index in [9.17, 15) is 14.9 Å². The largest absolute Gasteiger partial charge is 0.358 e. The third-order valence-corrected chi connectivity index (χ3v) is 3.11. The Balaban J connectivity index is 2.30. The molecule has 0 amide bonds. The summed E-state index contributed by atoms with van der Waals surface area (Å²) < 4.78 is 1.51. The van der Waals surface area contributed by atoms with Gasteiger partial charge in [-0.05, 0) is 22.4 Å². The summed E-state index contributed by atoms with van der Waals surface area (Å²) in [6.07, 6.45) is 2.40. The summed E-state index contributed by atoms with van der Waals surface area (Å²) in [5, 5.41) is 12.5. The van der Waals surface area contributed by atoms with Crippen molar-refractivity contribution in [2.24, 2.45) is 0 Å². The number of nitrogens with zero attached hydrogens (tertiary/aromatic N) is 2. The molecule has 0 radical (unpaired) electrons. The molecule has 0 aromatic carbocycles. The summed E-state index contributed by atoms with van der Waals surface area (Å²) in [6, 6.07) is 4.86. The van der Waals surface area contributed by atoms with Gasteiger partial charge in [-0.2, -0.15) is 0 Å². The molecule has 2 rings (SSSR count). The predicted molar refractivity (Wildman–Crippen MR) is 59.9 cm³/mol. The Morgan fingerprint density at radius 2 is 2.31 bits per heavy atom.